The van der Waals surface area contributed by atoms with Gasteiger partial charge in [-0.3, -0.25) is 0 Å². The average Bonchev–Trinajstić information content (AvgIpc) is 2.76. The van der Waals surface area contributed by atoms with Gasteiger partial charge in [0.15, 0.2) is 0 Å². The molecule has 0 fully saturated rings. The van der Waals surface area contributed by atoms with Crippen LogP contribution in [0.25, 0.3) is 0 Å². The maximum Gasteiger partial charge on any atom is 0.117 e. The first-order chi connectivity index (χ1) is 8.22. The van der Waals surface area contributed by atoms with Crippen molar-refractivity contribution in [1.82, 2.24) is 9.59 Å². The summed E-state index contributed by atoms with van der Waals surface area (Å²) in [7, 11) is 0. The van der Waals surface area contributed by atoms with E-state index < -0.39 is 6.10 Å². The Morgan fingerprint density at radius 2 is 2.00 bits per heavy atom. The summed E-state index contributed by atoms with van der Waals surface area (Å²) in [4.78, 5) is 0.827. The smallest absolute Gasteiger partial charge is 0.117 e. The molecule has 0 amide bonds. The van der Waals surface area contributed by atoms with Crippen LogP contribution in [0.2, 0.25) is 0 Å². The van der Waals surface area contributed by atoms with Crippen molar-refractivity contribution >= 4 is 11.5 Å². The third kappa shape index (κ3) is 2.70. The van der Waals surface area contributed by atoms with E-state index >= 15 is 0 Å². The Morgan fingerprint density at radius 1 is 1.29 bits per heavy atom. The molecule has 4 heteroatoms. The first-order valence-corrected chi connectivity index (χ1v) is 6.55. The van der Waals surface area contributed by atoms with Gasteiger partial charge in [-0.2, -0.15) is 0 Å². The largest absolute Gasteiger partial charge is 0.383 e. The van der Waals surface area contributed by atoms with E-state index in [4.69, 9.17) is 0 Å². The molecule has 0 bridgehead atoms. The van der Waals surface area contributed by atoms with E-state index in [0.717, 1.165) is 29.0 Å². The number of benzene rings is 1. The summed E-state index contributed by atoms with van der Waals surface area (Å²) in [6.07, 6.45) is 1.61. The average molecular weight is 248 g/mol. The molecule has 1 aromatic carbocycles. The first kappa shape index (κ1) is 12.2. The van der Waals surface area contributed by atoms with Crippen molar-refractivity contribution < 1.29 is 5.11 Å². The summed E-state index contributed by atoms with van der Waals surface area (Å²) in [5.74, 6) is 0. The van der Waals surface area contributed by atoms with E-state index in [2.05, 4.69) is 28.6 Å². The quantitative estimate of drug-likeness (QED) is 0.905. The van der Waals surface area contributed by atoms with Crippen LogP contribution in [-0.2, 0) is 6.42 Å². The molecule has 0 saturated heterocycles. The summed E-state index contributed by atoms with van der Waals surface area (Å²) in [5.41, 5.74) is 3.02. The minimum Gasteiger partial charge on any atom is -0.383 e. The normalized spacial score (nSPS) is 12.6. The molecule has 0 aliphatic carbocycles. The van der Waals surface area contributed by atoms with E-state index in [1.165, 1.54) is 17.1 Å². The van der Waals surface area contributed by atoms with Gasteiger partial charge < -0.3 is 5.11 Å². The highest BCUT2D eigenvalue weighted by Crippen LogP contribution is 2.26. The zero-order valence-corrected chi connectivity index (χ0v) is 10.9. The molecular formula is C13H16N2OS. The number of aliphatic hydroxyl groups excluding tert-OH is 1. The van der Waals surface area contributed by atoms with E-state index in [1.807, 2.05) is 19.1 Å². The lowest BCUT2D eigenvalue weighted by atomic mass is 10.0. The third-order valence-electron chi connectivity index (χ3n) is 2.77. The van der Waals surface area contributed by atoms with E-state index in [0.29, 0.717) is 0 Å². The van der Waals surface area contributed by atoms with Crippen LogP contribution in [0.15, 0.2) is 24.3 Å². The van der Waals surface area contributed by atoms with Crippen molar-refractivity contribution in [3.63, 3.8) is 0 Å². The van der Waals surface area contributed by atoms with Crippen molar-refractivity contribution in [2.24, 2.45) is 0 Å². The van der Waals surface area contributed by atoms with E-state index in [1.54, 1.807) is 0 Å². The molecule has 0 aliphatic heterocycles. The third-order valence-corrected chi connectivity index (χ3v) is 3.65. The molecular weight excluding hydrogens is 232 g/mol. The first-order valence-electron chi connectivity index (χ1n) is 5.78. The Hall–Kier alpha value is -1.26. The van der Waals surface area contributed by atoms with Crippen molar-refractivity contribution in [2.45, 2.75) is 32.8 Å². The van der Waals surface area contributed by atoms with Gasteiger partial charge in [-0.15, -0.1) is 5.10 Å². The zero-order chi connectivity index (χ0) is 12.3. The number of aromatic nitrogens is 2. The molecule has 17 heavy (non-hydrogen) atoms. The fourth-order valence-corrected chi connectivity index (χ4v) is 2.46. The summed E-state index contributed by atoms with van der Waals surface area (Å²) in [6.45, 7) is 4.03. The predicted molar refractivity (Wildman–Crippen MR) is 69.1 cm³/mol. The van der Waals surface area contributed by atoms with Gasteiger partial charge in [0.05, 0.1) is 10.6 Å². The lowest BCUT2D eigenvalue weighted by Gasteiger charge is -2.09. The number of aliphatic hydroxyl groups is 1. The van der Waals surface area contributed by atoms with Crippen LogP contribution in [0, 0.1) is 6.92 Å². The minimum atomic E-state index is -0.606. The van der Waals surface area contributed by atoms with Crippen molar-refractivity contribution in [1.29, 1.82) is 0 Å². The number of hydrogen-bond acceptors (Lipinski definition) is 4. The van der Waals surface area contributed by atoms with Gasteiger partial charge in [-0.1, -0.05) is 42.1 Å². The highest BCUT2D eigenvalue weighted by atomic mass is 32.1. The van der Waals surface area contributed by atoms with Gasteiger partial charge >= 0.3 is 0 Å². The number of aryl methyl sites for hydroxylation is 2. The molecule has 0 aliphatic rings. The molecule has 1 unspecified atom stereocenters. The zero-order valence-electron chi connectivity index (χ0n) is 10.1. The Morgan fingerprint density at radius 3 is 2.53 bits per heavy atom. The van der Waals surface area contributed by atoms with Crippen molar-refractivity contribution in [2.75, 3.05) is 0 Å². The Kier molecular flexibility index (Phi) is 3.86. The second kappa shape index (κ2) is 5.38. The Balaban J connectivity index is 2.20. The van der Waals surface area contributed by atoms with Gasteiger partial charge in [-0.25, -0.2) is 0 Å². The summed E-state index contributed by atoms with van der Waals surface area (Å²) >= 11 is 1.26. The van der Waals surface area contributed by atoms with Gasteiger partial charge in [-0.05, 0) is 36.0 Å². The van der Waals surface area contributed by atoms with Crippen LogP contribution in [0.3, 0.4) is 0 Å². The SMILES string of the molecule is CCCc1ccc(C(O)c2snnc2C)cc1. The lowest BCUT2D eigenvalue weighted by molar-refractivity contribution is 0.223. The molecule has 1 aromatic heterocycles. The van der Waals surface area contributed by atoms with Crippen LogP contribution in [-0.4, -0.2) is 14.7 Å². The highest BCUT2D eigenvalue weighted by molar-refractivity contribution is 7.05. The minimum absolute atomic E-state index is 0.606. The topological polar surface area (TPSA) is 46.0 Å². The molecule has 2 rings (SSSR count). The molecule has 1 N–H and O–H groups in total. The fraction of sp³-hybridized carbons (Fsp3) is 0.385. The van der Waals surface area contributed by atoms with Gasteiger partial charge in [0.2, 0.25) is 0 Å². The number of rotatable bonds is 4. The second-order valence-electron chi connectivity index (χ2n) is 4.12. The van der Waals surface area contributed by atoms with E-state index in [-0.39, 0.29) is 0 Å². The molecule has 1 heterocycles. The summed E-state index contributed by atoms with van der Waals surface area (Å²) in [5, 5.41) is 14.1. The van der Waals surface area contributed by atoms with Crippen molar-refractivity contribution in [3.05, 3.63) is 46.0 Å². The fourth-order valence-electron chi connectivity index (χ4n) is 1.80. The Labute approximate surface area is 105 Å². The van der Waals surface area contributed by atoms with Crippen LogP contribution in [0.1, 0.15) is 41.1 Å². The predicted octanol–water partition coefficient (Wildman–Crippen LogP) is 2.88. The van der Waals surface area contributed by atoms with Gasteiger partial charge in [0.25, 0.3) is 0 Å². The van der Waals surface area contributed by atoms with Crippen molar-refractivity contribution in [3.8, 4) is 0 Å². The standard InChI is InChI=1S/C13H16N2OS/c1-3-4-10-5-7-11(8-6-10)12(16)13-9(2)14-15-17-13/h5-8,12,16H,3-4H2,1-2H3. The van der Waals surface area contributed by atoms with Gasteiger partial charge in [0.1, 0.15) is 6.10 Å². The molecule has 0 radical (unpaired) electrons. The Bertz CT molecular complexity index is 478. The molecule has 1 atom stereocenters. The van der Waals surface area contributed by atoms with Crippen LogP contribution < -0.4 is 0 Å². The maximum absolute atomic E-state index is 10.2. The van der Waals surface area contributed by atoms with Crippen LogP contribution >= 0.6 is 11.5 Å². The van der Waals surface area contributed by atoms with E-state index in [9.17, 15) is 5.11 Å². The highest BCUT2D eigenvalue weighted by Gasteiger charge is 2.16. The summed E-state index contributed by atoms with van der Waals surface area (Å²) in [6, 6.07) is 8.11. The molecule has 3 nitrogen and oxygen atoms in total. The molecule has 0 saturated carbocycles. The molecule has 2 aromatic rings. The number of nitrogens with zero attached hydrogens (tertiary/aromatic N) is 2. The lowest BCUT2D eigenvalue weighted by Crippen LogP contribution is -1.99. The molecule has 90 valence electrons. The van der Waals surface area contributed by atoms with Crippen LogP contribution in [0.4, 0.5) is 0 Å². The summed E-state index contributed by atoms with van der Waals surface area (Å²) < 4.78 is 3.85. The second-order valence-corrected chi connectivity index (χ2v) is 4.90. The van der Waals surface area contributed by atoms with Crippen LogP contribution in [0.5, 0.6) is 0 Å². The monoisotopic (exact) mass is 248 g/mol. The number of hydrogen-bond donors (Lipinski definition) is 1. The molecule has 0 spiro atoms. The maximum atomic E-state index is 10.2. The van der Waals surface area contributed by atoms with Gasteiger partial charge in [0, 0.05) is 0 Å².